The van der Waals surface area contributed by atoms with Gasteiger partial charge in [0.2, 0.25) is 0 Å². The van der Waals surface area contributed by atoms with E-state index in [1.165, 1.54) is 30.4 Å². The van der Waals surface area contributed by atoms with Crippen molar-refractivity contribution in [2.45, 2.75) is 25.7 Å². The fourth-order valence-corrected chi connectivity index (χ4v) is 2.00. The van der Waals surface area contributed by atoms with Gasteiger partial charge in [0, 0.05) is 17.3 Å². The van der Waals surface area contributed by atoms with Crippen molar-refractivity contribution in [3.05, 3.63) is 16.8 Å². The van der Waals surface area contributed by atoms with Crippen LogP contribution in [0.3, 0.4) is 0 Å². The van der Waals surface area contributed by atoms with Crippen molar-refractivity contribution in [3.63, 3.8) is 0 Å². The van der Waals surface area contributed by atoms with Gasteiger partial charge in [-0.15, -0.1) is 17.3 Å². The fourth-order valence-electron chi connectivity index (χ4n) is 1.51. The molecule has 0 aromatic carbocycles. The van der Waals surface area contributed by atoms with Gasteiger partial charge in [-0.1, -0.05) is 18.0 Å². The molecule has 11 heavy (non-hydrogen) atoms. The van der Waals surface area contributed by atoms with Crippen LogP contribution in [0.4, 0.5) is 0 Å². The molecule has 0 aromatic rings. The highest BCUT2D eigenvalue weighted by molar-refractivity contribution is 6.25. The summed E-state index contributed by atoms with van der Waals surface area (Å²) in [5, 5.41) is 0. The van der Waals surface area contributed by atoms with E-state index >= 15 is 0 Å². The molecule has 0 aromatic heterocycles. The Morgan fingerprint density at radius 2 is 2.36 bits per heavy atom. The molecule has 2 heteroatoms. The zero-order chi connectivity index (χ0) is 8.10. The van der Waals surface area contributed by atoms with Crippen LogP contribution in [-0.4, -0.2) is 5.88 Å². The molecule has 0 bridgehead atoms. The first kappa shape index (κ1) is 9.19. The summed E-state index contributed by atoms with van der Waals surface area (Å²) in [5.41, 5.74) is 5.84. The molecule has 1 atom stereocenters. The number of rotatable bonds is 1. The number of hydrogen-bond acceptors (Lipinski definition) is 0. The van der Waals surface area contributed by atoms with Crippen molar-refractivity contribution in [2.75, 3.05) is 5.88 Å². The minimum atomic E-state index is 0.528. The summed E-state index contributed by atoms with van der Waals surface area (Å²) < 4.78 is 0. The average Bonchev–Trinajstić information content (AvgIpc) is 2.06. The first-order valence-electron chi connectivity index (χ1n) is 3.98. The summed E-state index contributed by atoms with van der Waals surface area (Å²) in [6, 6.07) is 0. The lowest BCUT2D eigenvalue weighted by molar-refractivity contribution is 0.489. The summed E-state index contributed by atoms with van der Waals surface area (Å²) >= 11 is 11.3. The van der Waals surface area contributed by atoms with Crippen molar-refractivity contribution in [1.29, 1.82) is 0 Å². The zero-order valence-corrected chi connectivity index (χ0v) is 7.96. The van der Waals surface area contributed by atoms with E-state index in [9.17, 15) is 0 Å². The Balaban J connectivity index is 2.66. The molecule has 1 fully saturated rings. The van der Waals surface area contributed by atoms with Crippen LogP contribution < -0.4 is 0 Å². The van der Waals surface area contributed by atoms with Crippen LogP contribution in [0.5, 0.6) is 0 Å². The topological polar surface area (TPSA) is 0 Å². The molecule has 0 spiro atoms. The number of allylic oxidation sites excluding steroid dienone is 1. The van der Waals surface area contributed by atoms with Crippen molar-refractivity contribution in [1.82, 2.24) is 0 Å². The van der Waals surface area contributed by atoms with Gasteiger partial charge >= 0.3 is 0 Å². The Morgan fingerprint density at radius 1 is 1.55 bits per heavy atom. The van der Waals surface area contributed by atoms with Crippen LogP contribution >= 0.6 is 23.2 Å². The van der Waals surface area contributed by atoms with E-state index < -0.39 is 0 Å². The number of alkyl halides is 1. The van der Waals surface area contributed by atoms with Crippen LogP contribution in [0.25, 0.3) is 0 Å². The lowest BCUT2D eigenvalue weighted by atomic mass is 9.86. The Hall–Kier alpha value is 0.1000. The van der Waals surface area contributed by atoms with Gasteiger partial charge < -0.3 is 0 Å². The maximum absolute atomic E-state index is 5.79. The second-order valence-electron chi connectivity index (χ2n) is 2.88. The van der Waals surface area contributed by atoms with E-state index in [0.29, 0.717) is 11.8 Å². The van der Waals surface area contributed by atoms with E-state index in [-0.39, 0.29) is 0 Å². The quantitative estimate of drug-likeness (QED) is 0.438. The molecule has 0 aliphatic heterocycles. The SMILES string of the molecule is ClC=C=C1CCCCC1CCl. The summed E-state index contributed by atoms with van der Waals surface area (Å²) in [4.78, 5) is 0. The van der Waals surface area contributed by atoms with E-state index in [4.69, 9.17) is 23.2 Å². The summed E-state index contributed by atoms with van der Waals surface area (Å²) in [6.45, 7) is 0. The first-order valence-corrected chi connectivity index (χ1v) is 4.95. The molecule has 0 amide bonds. The van der Waals surface area contributed by atoms with Crippen molar-refractivity contribution in [3.8, 4) is 0 Å². The highest BCUT2D eigenvalue weighted by atomic mass is 35.5. The lowest BCUT2D eigenvalue weighted by Crippen LogP contribution is -2.10. The molecule has 0 N–H and O–H groups in total. The molecule has 1 aliphatic carbocycles. The second kappa shape index (κ2) is 4.87. The van der Waals surface area contributed by atoms with Gasteiger partial charge in [0.1, 0.15) is 0 Å². The van der Waals surface area contributed by atoms with Crippen molar-refractivity contribution >= 4 is 23.2 Å². The van der Waals surface area contributed by atoms with Crippen LogP contribution in [0.1, 0.15) is 25.7 Å². The first-order chi connectivity index (χ1) is 5.38. The van der Waals surface area contributed by atoms with Crippen LogP contribution in [-0.2, 0) is 0 Å². The van der Waals surface area contributed by atoms with Crippen LogP contribution in [0.2, 0.25) is 0 Å². The smallest absolute Gasteiger partial charge is 0.0462 e. The fraction of sp³-hybridized carbons (Fsp3) is 0.667. The summed E-state index contributed by atoms with van der Waals surface area (Å²) in [7, 11) is 0. The van der Waals surface area contributed by atoms with Gasteiger partial charge in [0.25, 0.3) is 0 Å². The molecule has 62 valence electrons. The van der Waals surface area contributed by atoms with Gasteiger partial charge in [-0.05, 0) is 24.8 Å². The molecule has 1 unspecified atom stereocenters. The van der Waals surface area contributed by atoms with Crippen LogP contribution in [0, 0.1) is 5.92 Å². The van der Waals surface area contributed by atoms with Crippen molar-refractivity contribution < 1.29 is 0 Å². The number of halogens is 2. The van der Waals surface area contributed by atoms with Crippen LogP contribution in [0.15, 0.2) is 16.8 Å². The summed E-state index contributed by atoms with van der Waals surface area (Å²) in [5.74, 6) is 1.24. The molecular formula is C9H12Cl2. The third kappa shape index (κ3) is 2.56. The van der Waals surface area contributed by atoms with E-state index in [0.717, 1.165) is 6.42 Å². The monoisotopic (exact) mass is 190 g/mol. The van der Waals surface area contributed by atoms with E-state index in [1.54, 1.807) is 0 Å². The Bertz CT molecular complexity index is 178. The number of hydrogen-bond donors (Lipinski definition) is 0. The minimum Gasteiger partial charge on any atom is -0.126 e. The molecule has 0 nitrogen and oxygen atoms in total. The zero-order valence-electron chi connectivity index (χ0n) is 6.45. The minimum absolute atomic E-state index is 0.528. The molecular weight excluding hydrogens is 179 g/mol. The average molecular weight is 191 g/mol. The predicted octanol–water partition coefficient (Wildman–Crippen LogP) is 3.69. The molecule has 1 aliphatic rings. The largest absolute Gasteiger partial charge is 0.126 e. The Morgan fingerprint density at radius 3 is 3.00 bits per heavy atom. The van der Waals surface area contributed by atoms with Gasteiger partial charge in [-0.25, -0.2) is 0 Å². The Labute approximate surface area is 77.9 Å². The van der Waals surface area contributed by atoms with Gasteiger partial charge in [0.05, 0.1) is 0 Å². The molecule has 1 saturated carbocycles. The van der Waals surface area contributed by atoms with E-state index in [1.807, 2.05) is 0 Å². The standard InChI is InChI=1S/C9H12Cl2/c10-6-5-8-3-1-2-4-9(8)7-11/h6,9H,1-4,7H2. The molecule has 0 saturated heterocycles. The molecule has 0 radical (unpaired) electrons. The maximum Gasteiger partial charge on any atom is 0.0462 e. The predicted molar refractivity (Wildman–Crippen MR) is 50.1 cm³/mol. The highest BCUT2D eigenvalue weighted by Gasteiger charge is 2.16. The lowest BCUT2D eigenvalue weighted by Gasteiger charge is -2.21. The second-order valence-corrected chi connectivity index (χ2v) is 3.40. The Kier molecular flexibility index (Phi) is 4.07. The third-order valence-corrected chi connectivity index (χ3v) is 2.65. The maximum atomic E-state index is 5.79. The van der Waals surface area contributed by atoms with Gasteiger partial charge in [0.15, 0.2) is 0 Å². The normalized spacial score (nSPS) is 24.5. The van der Waals surface area contributed by atoms with Gasteiger partial charge in [-0.2, -0.15) is 0 Å². The molecule has 0 heterocycles. The third-order valence-electron chi connectivity index (χ3n) is 2.17. The van der Waals surface area contributed by atoms with Crippen molar-refractivity contribution in [2.24, 2.45) is 5.92 Å². The highest BCUT2D eigenvalue weighted by Crippen LogP contribution is 2.29. The summed E-state index contributed by atoms with van der Waals surface area (Å²) in [6.07, 6.45) is 4.89. The molecule has 1 rings (SSSR count). The van der Waals surface area contributed by atoms with Gasteiger partial charge in [-0.3, -0.25) is 0 Å². The van der Waals surface area contributed by atoms with E-state index in [2.05, 4.69) is 5.73 Å².